The summed E-state index contributed by atoms with van der Waals surface area (Å²) in [7, 11) is 0. The Kier molecular flexibility index (Phi) is 4.88. The Hall–Kier alpha value is -1.50. The van der Waals surface area contributed by atoms with E-state index in [-0.39, 0.29) is 5.71 Å². The zero-order valence-corrected chi connectivity index (χ0v) is 15.4. The van der Waals surface area contributed by atoms with Crippen molar-refractivity contribution in [2.75, 3.05) is 0 Å². The summed E-state index contributed by atoms with van der Waals surface area (Å²) in [6, 6.07) is 6.46. The normalized spacial score (nSPS) is 20.1. The molecule has 0 spiro atoms. The van der Waals surface area contributed by atoms with Crippen molar-refractivity contribution in [2.24, 2.45) is 5.16 Å². The summed E-state index contributed by atoms with van der Waals surface area (Å²) in [6.45, 7) is 1.77. The number of halogens is 7. The first kappa shape index (κ1) is 19.3. The van der Waals surface area contributed by atoms with Crippen molar-refractivity contribution in [1.29, 1.82) is 0 Å². The van der Waals surface area contributed by atoms with Crippen LogP contribution in [0, 0.1) is 12.7 Å². The number of benzene rings is 2. The number of nitrogens with zero attached hydrogens (tertiary/aromatic N) is 1. The topological polar surface area (TPSA) is 21.6 Å². The molecule has 1 aliphatic rings. The number of oxime groups is 1. The van der Waals surface area contributed by atoms with Gasteiger partial charge in [0, 0.05) is 22.6 Å². The number of aryl methyl sites for hydroxylation is 1. The van der Waals surface area contributed by atoms with E-state index in [9.17, 15) is 17.6 Å². The summed E-state index contributed by atoms with van der Waals surface area (Å²) < 4.78 is 55.3. The molecule has 0 radical (unpaired) electrons. The van der Waals surface area contributed by atoms with Crippen molar-refractivity contribution in [1.82, 2.24) is 0 Å². The van der Waals surface area contributed by atoms with Crippen molar-refractivity contribution in [3.8, 4) is 0 Å². The second kappa shape index (κ2) is 6.59. The lowest BCUT2D eigenvalue weighted by Crippen LogP contribution is -2.42. The second-order valence-electron chi connectivity index (χ2n) is 5.85. The molecule has 0 aliphatic carbocycles. The summed E-state index contributed by atoms with van der Waals surface area (Å²) >= 11 is 17.4. The molecule has 0 bridgehead atoms. The maximum atomic E-state index is 13.9. The molecule has 2 aromatic carbocycles. The van der Waals surface area contributed by atoms with Crippen LogP contribution in [-0.2, 0) is 10.4 Å². The summed E-state index contributed by atoms with van der Waals surface area (Å²) in [5.74, 6) is -1.00. The van der Waals surface area contributed by atoms with Gasteiger partial charge in [0.15, 0.2) is 5.82 Å². The molecular formula is C17H10Cl3F4NO. The molecule has 138 valence electrons. The molecule has 1 aliphatic heterocycles. The molecule has 1 heterocycles. The predicted molar refractivity (Wildman–Crippen MR) is 92.6 cm³/mol. The number of hydrogen-bond acceptors (Lipinski definition) is 2. The molecule has 0 fully saturated rings. The average molecular weight is 427 g/mol. The molecule has 1 atom stereocenters. The Morgan fingerprint density at radius 2 is 1.65 bits per heavy atom. The highest BCUT2D eigenvalue weighted by Gasteiger charge is 2.62. The van der Waals surface area contributed by atoms with Crippen molar-refractivity contribution < 1.29 is 22.4 Å². The van der Waals surface area contributed by atoms with Gasteiger partial charge in [-0.05, 0) is 30.7 Å². The minimum atomic E-state index is -4.85. The third kappa shape index (κ3) is 3.15. The largest absolute Gasteiger partial charge is 0.435 e. The van der Waals surface area contributed by atoms with Crippen LogP contribution in [0.1, 0.15) is 23.1 Å². The van der Waals surface area contributed by atoms with Gasteiger partial charge in [-0.3, -0.25) is 0 Å². The van der Waals surface area contributed by atoms with Gasteiger partial charge in [-0.15, -0.1) is 0 Å². The minimum Gasteiger partial charge on any atom is -0.374 e. The fraction of sp³-hybridized carbons (Fsp3) is 0.235. The molecule has 0 N–H and O–H groups in total. The number of hydrogen-bond donors (Lipinski definition) is 0. The average Bonchev–Trinajstić information content (AvgIpc) is 3.01. The smallest absolute Gasteiger partial charge is 0.374 e. The highest BCUT2D eigenvalue weighted by Crippen LogP contribution is 2.50. The van der Waals surface area contributed by atoms with E-state index in [2.05, 4.69) is 5.16 Å². The van der Waals surface area contributed by atoms with E-state index in [1.165, 1.54) is 6.07 Å². The van der Waals surface area contributed by atoms with Gasteiger partial charge >= 0.3 is 6.18 Å². The van der Waals surface area contributed by atoms with Crippen LogP contribution in [-0.4, -0.2) is 11.9 Å². The van der Waals surface area contributed by atoms with Crippen molar-refractivity contribution in [3.05, 3.63) is 67.9 Å². The highest BCUT2D eigenvalue weighted by molar-refractivity contribution is 6.35. The highest BCUT2D eigenvalue weighted by atomic mass is 35.5. The Balaban J connectivity index is 2.06. The second-order valence-corrected chi connectivity index (χ2v) is 7.07. The monoisotopic (exact) mass is 425 g/mol. The molecule has 2 aromatic rings. The predicted octanol–water partition coefficient (Wildman–Crippen LogP) is 6.68. The van der Waals surface area contributed by atoms with Crippen LogP contribution in [0.3, 0.4) is 0 Å². The molecule has 3 rings (SSSR count). The molecule has 2 nitrogen and oxygen atoms in total. The summed E-state index contributed by atoms with van der Waals surface area (Å²) in [4.78, 5) is 4.86. The van der Waals surface area contributed by atoms with Crippen LogP contribution in [0.25, 0.3) is 0 Å². The standard InChI is InChI=1S/C17H10Cl3F4NO/c1-8-2-3-9(4-11(8)18)14-7-16(26-25-14,17(22,23)24)10-5-12(19)15(21)13(20)6-10/h2-6H,7H2,1H3. The maximum absolute atomic E-state index is 13.9. The molecular weight excluding hydrogens is 417 g/mol. The van der Waals surface area contributed by atoms with E-state index in [0.29, 0.717) is 10.6 Å². The molecule has 0 aromatic heterocycles. The minimum absolute atomic E-state index is 0.0563. The zero-order valence-electron chi connectivity index (χ0n) is 13.1. The first-order chi connectivity index (χ1) is 12.0. The first-order valence-corrected chi connectivity index (χ1v) is 8.42. The molecule has 26 heavy (non-hydrogen) atoms. The first-order valence-electron chi connectivity index (χ1n) is 7.28. The van der Waals surface area contributed by atoms with Crippen LogP contribution in [0.15, 0.2) is 35.5 Å². The third-order valence-corrected chi connectivity index (χ3v) is 5.10. The number of rotatable bonds is 2. The summed E-state index contributed by atoms with van der Waals surface area (Å²) in [5.41, 5.74) is -2.03. The Labute approximate surface area is 161 Å². The molecule has 0 amide bonds. The number of alkyl halides is 3. The Bertz CT molecular complexity index is 890. The summed E-state index contributed by atoms with van der Waals surface area (Å²) in [5, 5.41) is 2.93. The van der Waals surface area contributed by atoms with Gasteiger partial charge in [0.25, 0.3) is 5.60 Å². The van der Waals surface area contributed by atoms with Crippen LogP contribution in [0.2, 0.25) is 15.1 Å². The van der Waals surface area contributed by atoms with E-state index < -0.39 is 39.6 Å². The Morgan fingerprint density at radius 3 is 2.19 bits per heavy atom. The van der Waals surface area contributed by atoms with Gasteiger partial charge in [-0.2, -0.15) is 13.2 Å². The zero-order chi connectivity index (χ0) is 19.3. The lowest BCUT2D eigenvalue weighted by molar-refractivity contribution is -0.275. The van der Waals surface area contributed by atoms with E-state index >= 15 is 0 Å². The lowest BCUT2D eigenvalue weighted by atomic mass is 9.86. The van der Waals surface area contributed by atoms with E-state index in [1.807, 2.05) is 0 Å². The SMILES string of the molecule is Cc1ccc(C2=NOC(c3cc(Cl)c(F)c(Cl)c3)(C(F)(F)F)C2)cc1Cl. The van der Waals surface area contributed by atoms with Gasteiger partial charge in [0.2, 0.25) is 0 Å². The Morgan fingerprint density at radius 1 is 1.04 bits per heavy atom. The van der Waals surface area contributed by atoms with Crippen molar-refractivity contribution in [3.63, 3.8) is 0 Å². The van der Waals surface area contributed by atoms with Gasteiger partial charge in [0.1, 0.15) is 0 Å². The maximum Gasteiger partial charge on any atom is 0.435 e. The van der Waals surface area contributed by atoms with Crippen LogP contribution in [0.4, 0.5) is 17.6 Å². The van der Waals surface area contributed by atoms with Crippen LogP contribution < -0.4 is 0 Å². The molecule has 9 heteroatoms. The molecule has 0 saturated carbocycles. The third-order valence-electron chi connectivity index (χ3n) is 4.14. The van der Waals surface area contributed by atoms with Crippen molar-refractivity contribution in [2.45, 2.75) is 25.1 Å². The quantitative estimate of drug-likeness (QED) is 0.388. The fourth-order valence-electron chi connectivity index (χ4n) is 2.62. The van der Waals surface area contributed by atoms with Gasteiger partial charge in [0.05, 0.1) is 15.8 Å². The van der Waals surface area contributed by atoms with E-state index in [0.717, 1.165) is 17.7 Å². The van der Waals surface area contributed by atoms with Gasteiger partial charge in [-0.25, -0.2) is 4.39 Å². The molecule has 1 unspecified atom stereocenters. The van der Waals surface area contributed by atoms with Gasteiger partial charge < -0.3 is 4.84 Å². The van der Waals surface area contributed by atoms with Crippen LogP contribution >= 0.6 is 34.8 Å². The van der Waals surface area contributed by atoms with Crippen LogP contribution in [0.5, 0.6) is 0 Å². The fourth-order valence-corrected chi connectivity index (χ4v) is 3.29. The molecule has 0 saturated heterocycles. The lowest BCUT2D eigenvalue weighted by Gasteiger charge is -2.29. The van der Waals surface area contributed by atoms with Crippen molar-refractivity contribution >= 4 is 40.5 Å². The van der Waals surface area contributed by atoms with E-state index in [4.69, 9.17) is 39.6 Å². The van der Waals surface area contributed by atoms with Gasteiger partial charge in [-0.1, -0.05) is 52.1 Å². The van der Waals surface area contributed by atoms with E-state index in [1.54, 1.807) is 19.1 Å². The summed E-state index contributed by atoms with van der Waals surface area (Å²) in [6.07, 6.45) is -5.48.